The van der Waals surface area contributed by atoms with E-state index in [1.54, 1.807) is 22.9 Å². The Bertz CT molecular complexity index is 888. The van der Waals surface area contributed by atoms with Gasteiger partial charge in [0.1, 0.15) is 5.82 Å². The van der Waals surface area contributed by atoms with Crippen LogP contribution in [0.4, 0.5) is 0 Å². The highest BCUT2D eigenvalue weighted by atomic mass is 32.2. The van der Waals surface area contributed by atoms with E-state index in [1.807, 2.05) is 61.3 Å². The first-order valence-corrected chi connectivity index (χ1v) is 9.27. The molecule has 1 amide bonds. The average Bonchev–Trinajstić information content (AvgIpc) is 3.07. The lowest BCUT2D eigenvalue weighted by molar-refractivity contribution is 0.0785. The minimum atomic E-state index is -0.00634. The molecule has 3 aromatic rings. The maximum Gasteiger partial charge on any atom is 0.254 e. The van der Waals surface area contributed by atoms with Crippen molar-refractivity contribution in [3.8, 4) is 11.4 Å². The van der Waals surface area contributed by atoms with Crippen LogP contribution in [0, 0.1) is 0 Å². The average molecular weight is 351 g/mol. The van der Waals surface area contributed by atoms with Gasteiger partial charge in [0, 0.05) is 43.5 Å². The summed E-state index contributed by atoms with van der Waals surface area (Å²) in [4.78, 5) is 20.4. The number of aromatic nitrogens is 2. The topological polar surface area (TPSA) is 38.1 Å². The van der Waals surface area contributed by atoms with Crippen LogP contribution in [0.5, 0.6) is 0 Å². The molecule has 0 N–H and O–H groups in total. The summed E-state index contributed by atoms with van der Waals surface area (Å²) >= 11 is 1.70. The number of aryl methyl sites for hydroxylation is 1. The third-order valence-electron chi connectivity index (χ3n) is 4.12. The molecule has 0 saturated heterocycles. The number of hydrogen-bond acceptors (Lipinski definition) is 3. The van der Waals surface area contributed by atoms with Crippen molar-refractivity contribution in [1.82, 2.24) is 14.5 Å². The van der Waals surface area contributed by atoms with Gasteiger partial charge in [-0.05, 0) is 30.0 Å². The van der Waals surface area contributed by atoms with Crippen molar-refractivity contribution < 1.29 is 4.79 Å². The molecule has 0 aliphatic rings. The predicted molar refractivity (Wildman–Crippen MR) is 103 cm³/mol. The van der Waals surface area contributed by atoms with E-state index in [2.05, 4.69) is 23.4 Å². The van der Waals surface area contributed by atoms with Crippen LogP contribution in [0.3, 0.4) is 0 Å². The van der Waals surface area contributed by atoms with Crippen LogP contribution < -0.4 is 0 Å². The molecule has 0 unspecified atom stereocenters. The molecule has 0 spiro atoms. The molecule has 128 valence electrons. The lowest BCUT2D eigenvalue weighted by Crippen LogP contribution is -2.26. The third-order valence-corrected chi connectivity index (χ3v) is 4.85. The van der Waals surface area contributed by atoms with E-state index in [-0.39, 0.29) is 5.91 Å². The number of nitrogens with zero attached hydrogens (tertiary/aromatic N) is 3. The number of imidazole rings is 1. The van der Waals surface area contributed by atoms with Crippen molar-refractivity contribution in [3.05, 3.63) is 72.1 Å². The SMILES string of the molecule is CSc1cccc(CN(C)C(=O)c2ccccc2-c2nccn2C)c1. The van der Waals surface area contributed by atoms with Crippen LogP contribution in [0.15, 0.2) is 65.8 Å². The van der Waals surface area contributed by atoms with E-state index in [4.69, 9.17) is 0 Å². The van der Waals surface area contributed by atoms with Crippen LogP contribution in [-0.4, -0.2) is 33.7 Å². The van der Waals surface area contributed by atoms with Crippen molar-refractivity contribution in [1.29, 1.82) is 0 Å². The van der Waals surface area contributed by atoms with Gasteiger partial charge in [0.15, 0.2) is 0 Å². The zero-order valence-electron chi connectivity index (χ0n) is 14.6. The van der Waals surface area contributed by atoms with Gasteiger partial charge in [-0.1, -0.05) is 30.3 Å². The molecule has 0 atom stereocenters. The second-order valence-corrected chi connectivity index (χ2v) is 6.80. The summed E-state index contributed by atoms with van der Waals surface area (Å²) in [6.45, 7) is 0.572. The molecule has 0 bridgehead atoms. The Kier molecular flexibility index (Phi) is 5.24. The lowest BCUT2D eigenvalue weighted by Gasteiger charge is -2.19. The second kappa shape index (κ2) is 7.57. The van der Waals surface area contributed by atoms with E-state index in [1.165, 1.54) is 4.90 Å². The van der Waals surface area contributed by atoms with Gasteiger partial charge in [-0.25, -0.2) is 4.98 Å². The van der Waals surface area contributed by atoms with E-state index in [0.717, 1.165) is 17.0 Å². The van der Waals surface area contributed by atoms with Crippen LogP contribution in [0.2, 0.25) is 0 Å². The zero-order chi connectivity index (χ0) is 17.8. The molecule has 2 aromatic carbocycles. The number of carbonyl (C=O) groups excluding carboxylic acids is 1. The minimum absolute atomic E-state index is 0.00634. The smallest absolute Gasteiger partial charge is 0.254 e. The Morgan fingerprint density at radius 2 is 2.00 bits per heavy atom. The van der Waals surface area contributed by atoms with Gasteiger partial charge >= 0.3 is 0 Å². The van der Waals surface area contributed by atoms with E-state index >= 15 is 0 Å². The van der Waals surface area contributed by atoms with Gasteiger partial charge in [-0.2, -0.15) is 0 Å². The highest BCUT2D eigenvalue weighted by molar-refractivity contribution is 7.98. The molecule has 0 aliphatic heterocycles. The summed E-state index contributed by atoms with van der Waals surface area (Å²) in [6, 6.07) is 15.9. The predicted octanol–water partition coefficient (Wildman–Crippen LogP) is 4.08. The van der Waals surface area contributed by atoms with E-state index in [0.29, 0.717) is 12.1 Å². The van der Waals surface area contributed by atoms with Crippen molar-refractivity contribution in [2.24, 2.45) is 7.05 Å². The summed E-state index contributed by atoms with van der Waals surface area (Å²) < 4.78 is 1.92. The molecule has 0 fully saturated rings. The third kappa shape index (κ3) is 3.77. The summed E-state index contributed by atoms with van der Waals surface area (Å²) in [5.74, 6) is 0.787. The molecule has 4 nitrogen and oxygen atoms in total. The maximum absolute atomic E-state index is 13.0. The standard InChI is InChI=1S/C20H21N3OS/c1-22-12-11-21-19(22)17-9-4-5-10-18(17)20(24)23(2)14-15-7-6-8-16(13-15)25-3/h4-13H,14H2,1-3H3. The van der Waals surface area contributed by atoms with Gasteiger partial charge < -0.3 is 9.47 Å². The maximum atomic E-state index is 13.0. The number of amides is 1. The van der Waals surface area contributed by atoms with Gasteiger partial charge in [0.25, 0.3) is 5.91 Å². The molecule has 25 heavy (non-hydrogen) atoms. The molecular formula is C20H21N3OS. The Hall–Kier alpha value is -2.53. The van der Waals surface area contributed by atoms with E-state index < -0.39 is 0 Å². The Morgan fingerprint density at radius 3 is 2.72 bits per heavy atom. The van der Waals surface area contributed by atoms with Crippen LogP contribution in [0.1, 0.15) is 15.9 Å². The summed E-state index contributed by atoms with van der Waals surface area (Å²) in [5.41, 5.74) is 2.64. The molecule has 1 aromatic heterocycles. The molecule has 1 heterocycles. The number of rotatable bonds is 5. The van der Waals surface area contributed by atoms with Crippen molar-refractivity contribution in [3.63, 3.8) is 0 Å². The normalized spacial score (nSPS) is 10.7. The van der Waals surface area contributed by atoms with Crippen molar-refractivity contribution in [2.75, 3.05) is 13.3 Å². The first-order valence-electron chi connectivity index (χ1n) is 8.05. The van der Waals surface area contributed by atoms with Gasteiger partial charge in [-0.3, -0.25) is 4.79 Å². The number of hydrogen-bond donors (Lipinski definition) is 0. The molecule has 5 heteroatoms. The van der Waals surface area contributed by atoms with Crippen LogP contribution in [-0.2, 0) is 13.6 Å². The van der Waals surface area contributed by atoms with E-state index in [9.17, 15) is 4.79 Å². The fourth-order valence-electron chi connectivity index (χ4n) is 2.81. The van der Waals surface area contributed by atoms with Crippen LogP contribution in [0.25, 0.3) is 11.4 Å². The minimum Gasteiger partial charge on any atom is -0.337 e. The van der Waals surface area contributed by atoms with Crippen molar-refractivity contribution in [2.45, 2.75) is 11.4 Å². The molecular weight excluding hydrogens is 330 g/mol. The largest absolute Gasteiger partial charge is 0.337 e. The first kappa shape index (κ1) is 17.3. The fourth-order valence-corrected chi connectivity index (χ4v) is 3.30. The monoisotopic (exact) mass is 351 g/mol. The second-order valence-electron chi connectivity index (χ2n) is 5.92. The first-order chi connectivity index (χ1) is 12.1. The molecule has 0 saturated carbocycles. The molecule has 0 aliphatic carbocycles. The van der Waals surface area contributed by atoms with Gasteiger partial charge in [-0.15, -0.1) is 11.8 Å². The lowest BCUT2D eigenvalue weighted by atomic mass is 10.1. The summed E-state index contributed by atoms with van der Waals surface area (Å²) in [6.07, 6.45) is 5.68. The number of benzene rings is 2. The van der Waals surface area contributed by atoms with Gasteiger partial charge in [0.05, 0.1) is 5.56 Å². The highest BCUT2D eigenvalue weighted by Gasteiger charge is 2.18. The molecule has 3 rings (SSSR count). The van der Waals surface area contributed by atoms with Crippen LogP contribution >= 0.6 is 11.8 Å². The summed E-state index contributed by atoms with van der Waals surface area (Å²) in [5, 5.41) is 0. The Labute approximate surface area is 152 Å². The highest BCUT2D eigenvalue weighted by Crippen LogP contribution is 2.23. The van der Waals surface area contributed by atoms with Gasteiger partial charge in [0.2, 0.25) is 0 Å². The number of thioether (sulfide) groups is 1. The fraction of sp³-hybridized carbons (Fsp3) is 0.200. The Morgan fingerprint density at radius 1 is 1.20 bits per heavy atom. The number of carbonyl (C=O) groups is 1. The summed E-state index contributed by atoms with van der Waals surface area (Å²) in [7, 11) is 3.77. The quantitative estimate of drug-likeness (QED) is 0.650. The zero-order valence-corrected chi connectivity index (χ0v) is 15.5. The van der Waals surface area contributed by atoms with Crippen molar-refractivity contribution >= 4 is 17.7 Å². The Balaban J connectivity index is 1.87. The molecule has 0 radical (unpaired) electrons.